The molecule has 3 aliphatic rings. The zero-order chi connectivity index (χ0) is 67.1. The first-order valence-corrected chi connectivity index (χ1v) is 27.2. The molecule has 9 aromatic rings. The minimum atomic E-state index is -4.97. The van der Waals surface area contributed by atoms with Crippen LogP contribution in [0, 0.1) is 0 Å². The minimum Gasteiger partial charge on any atom is -0.497 e. The second-order valence-corrected chi connectivity index (χ2v) is 20.6. The summed E-state index contributed by atoms with van der Waals surface area (Å²) >= 11 is 0. The second-order valence-electron chi connectivity index (χ2n) is 20.6. The molecule has 33 nitrogen and oxygen atoms in total. The number of halogens is 6. The van der Waals surface area contributed by atoms with Gasteiger partial charge in [-0.3, -0.25) is 41.8 Å². The number of fused-ring (bicyclic) bond motifs is 3. The van der Waals surface area contributed by atoms with Gasteiger partial charge in [0.05, 0.1) is 57.3 Å². The van der Waals surface area contributed by atoms with Gasteiger partial charge < -0.3 is 87.9 Å². The van der Waals surface area contributed by atoms with Crippen molar-refractivity contribution in [2.45, 2.75) is 106 Å². The molecule has 93 heavy (non-hydrogen) atoms. The lowest BCUT2D eigenvalue weighted by Crippen LogP contribution is -2.43. The Morgan fingerprint density at radius 3 is 1.29 bits per heavy atom. The van der Waals surface area contributed by atoms with E-state index in [-0.39, 0.29) is 39.9 Å². The number of hydrogen-bond acceptors (Lipinski definition) is 27. The Labute approximate surface area is 510 Å². The Balaban J connectivity index is 0.000000153. The SMILES string of the molecule is COc1ccc2onc(Cn3c(=O)ccn([C@@H]4O[C@H](CO)[C@H](O)C4O)c3=O)c2c1.O=c1ccn([C@@H]2O[C@H](CO)[C@H](O)C2O)c(=O)n1Cc1noc2c(OC(F)(F)F)cccc12.O=c1ccn([C@@H]2O[C@H](CO)[C@H](O)C2O)c(=O)n1Cc1noc2cc(OC(F)(F)F)ccc12. The average Bonchev–Trinajstić information content (AvgIpc) is 1.73. The van der Waals surface area contributed by atoms with Crippen LogP contribution in [-0.4, -0.2) is 183 Å². The number of methoxy groups -OCH3 is 1. The third kappa shape index (κ3) is 13.6. The molecule has 9 N–H and O–H groups in total. The van der Waals surface area contributed by atoms with Gasteiger partial charge >= 0.3 is 29.8 Å². The summed E-state index contributed by atoms with van der Waals surface area (Å²) in [7, 11) is 1.51. The van der Waals surface area contributed by atoms with Crippen molar-refractivity contribution in [1.29, 1.82) is 0 Å². The molecule has 9 heterocycles. The summed E-state index contributed by atoms with van der Waals surface area (Å²) < 4.78 is 124. The topological polar surface area (TPSA) is 448 Å². The van der Waals surface area contributed by atoms with Crippen LogP contribution < -0.4 is 48.0 Å². The number of para-hydroxylation sites is 1. The molecule has 3 fully saturated rings. The van der Waals surface area contributed by atoms with E-state index in [4.69, 9.17) is 32.5 Å². The van der Waals surface area contributed by atoms with Crippen molar-refractivity contribution in [3.63, 3.8) is 0 Å². The number of ether oxygens (including phenoxy) is 6. The maximum Gasteiger partial charge on any atom is 0.573 e. The molecular weight excluding hydrogens is 1270 g/mol. The fourth-order valence-corrected chi connectivity index (χ4v) is 10.2. The number of aromatic nitrogens is 9. The normalized spacial score (nSPS) is 23.9. The molecule has 3 aromatic carbocycles. The monoisotopic (exact) mass is 1320 g/mol. The van der Waals surface area contributed by atoms with Crippen molar-refractivity contribution in [3.05, 3.63) is 171 Å². The highest BCUT2D eigenvalue weighted by Crippen LogP contribution is 2.35. The largest absolute Gasteiger partial charge is 0.573 e. The number of aliphatic hydroxyl groups is 9. The lowest BCUT2D eigenvalue weighted by molar-refractivity contribution is -0.275. The van der Waals surface area contributed by atoms with Crippen molar-refractivity contribution in [3.8, 4) is 17.2 Å². The predicted octanol–water partition coefficient (Wildman–Crippen LogP) is -1.76. The fourth-order valence-electron chi connectivity index (χ4n) is 10.2. The third-order valence-electron chi connectivity index (χ3n) is 14.9. The molecular formula is C54H51F6N9O24. The molecule has 0 amide bonds. The minimum absolute atomic E-state index is 0.0225. The Hall–Kier alpha value is -9.39. The average molecular weight is 1320 g/mol. The number of benzene rings is 3. The third-order valence-corrected chi connectivity index (χ3v) is 14.9. The summed E-state index contributed by atoms with van der Waals surface area (Å²) in [6.45, 7) is -2.82. The van der Waals surface area contributed by atoms with Crippen molar-refractivity contribution in [1.82, 2.24) is 42.9 Å². The maximum atomic E-state index is 12.9. The molecule has 39 heteroatoms. The Morgan fingerprint density at radius 1 is 0.462 bits per heavy atom. The molecule has 0 bridgehead atoms. The summed E-state index contributed by atoms with van der Waals surface area (Å²) in [5.74, 6) is -0.611. The molecule has 0 spiro atoms. The fraction of sp³-hybridized carbons (Fsp3) is 0.389. The standard InChI is InChI=1S/2C18H16F3N3O8.C18H19N3O8/c19-18(20,21)31-8-1-2-9-10(22-32-11(9)5-8)6-24-13(26)3-4-23(17(24)29)16-15(28)14(27)12(7-25)30-16;19-18(20,21)31-10-3-1-2-8-9(22-32-15(8)10)6-24-12(26)4-5-23(17(24)29)16-14(28)13(27)11(7-25)30-16;1-27-9-2-3-12-10(6-9)11(19-29-12)7-21-14(23)4-5-20(18(21)26)17-16(25)15(24)13(8-22)28-17/h1-5,12,14-16,25,27-28H,6-7H2;1-5,11,13-14,16,25,27-28H,6-7H2;2-6,13,15-17,22,24-25H,7-8H2,1H3/t12-,14+,15?,16-;11-,13+,14?,16-;13-,15+,16?,17-/m111/s1. The maximum absolute atomic E-state index is 12.9. The Kier molecular flexibility index (Phi) is 19.1. The smallest absolute Gasteiger partial charge is 0.497 e. The van der Waals surface area contributed by atoms with Crippen LogP contribution in [0.5, 0.6) is 17.2 Å². The summed E-state index contributed by atoms with van der Waals surface area (Å²) in [5.41, 5.74) is -4.24. The van der Waals surface area contributed by atoms with Crippen molar-refractivity contribution < 1.29 is 114 Å². The van der Waals surface area contributed by atoms with Gasteiger partial charge in [-0.1, -0.05) is 21.5 Å². The molecule has 0 aliphatic carbocycles. The first-order valence-electron chi connectivity index (χ1n) is 27.2. The van der Waals surface area contributed by atoms with Crippen LogP contribution in [-0.2, 0) is 33.8 Å². The van der Waals surface area contributed by atoms with Gasteiger partial charge in [-0.25, -0.2) is 14.4 Å². The number of hydrogen-bond donors (Lipinski definition) is 9. The van der Waals surface area contributed by atoms with Gasteiger partial charge in [0.2, 0.25) is 5.58 Å². The van der Waals surface area contributed by atoms with Crippen LogP contribution in [0.4, 0.5) is 26.3 Å². The van der Waals surface area contributed by atoms with E-state index in [2.05, 4.69) is 24.9 Å². The van der Waals surface area contributed by atoms with E-state index in [1.165, 1.54) is 31.5 Å². The van der Waals surface area contributed by atoms with Crippen LogP contribution in [0.1, 0.15) is 35.8 Å². The number of aliphatic hydroxyl groups excluding tert-OH is 9. The molecule has 3 saturated heterocycles. The second kappa shape index (κ2) is 26.7. The van der Waals surface area contributed by atoms with Crippen molar-refractivity contribution >= 4 is 32.9 Å². The highest BCUT2D eigenvalue weighted by molar-refractivity contribution is 5.85. The zero-order valence-electron chi connectivity index (χ0n) is 47.3. The summed E-state index contributed by atoms with van der Waals surface area (Å²) in [6.07, 6.45) is -22.7. The Morgan fingerprint density at radius 2 is 0.871 bits per heavy atom. The lowest BCUT2D eigenvalue weighted by atomic mass is 10.1. The molecule has 12 rings (SSSR count). The summed E-state index contributed by atoms with van der Waals surface area (Å²) in [5, 5.41) is 100. The van der Waals surface area contributed by atoms with Crippen LogP contribution in [0.25, 0.3) is 32.9 Å². The van der Waals surface area contributed by atoms with E-state index in [0.717, 1.165) is 71.6 Å². The van der Waals surface area contributed by atoms with Crippen molar-refractivity contribution in [2.75, 3.05) is 26.9 Å². The Bertz CT molecular complexity index is 4560. The van der Waals surface area contributed by atoms with Gasteiger partial charge in [-0.2, -0.15) is 0 Å². The number of alkyl halides is 6. The molecule has 0 saturated carbocycles. The first kappa shape index (κ1) is 66.5. The van der Waals surface area contributed by atoms with Gasteiger partial charge in [0.15, 0.2) is 35.6 Å². The first-order chi connectivity index (χ1) is 44.1. The zero-order valence-corrected chi connectivity index (χ0v) is 47.3. The molecule has 6 aromatic heterocycles. The van der Waals surface area contributed by atoms with Crippen LogP contribution >= 0.6 is 0 Å². The molecule has 3 aliphatic heterocycles. The quantitative estimate of drug-likeness (QED) is 0.0513. The van der Waals surface area contributed by atoms with Gasteiger partial charge in [0.25, 0.3) is 16.7 Å². The van der Waals surface area contributed by atoms with Gasteiger partial charge in [0.1, 0.15) is 83.5 Å². The van der Waals surface area contributed by atoms with E-state index in [9.17, 15) is 101 Å². The lowest BCUT2D eigenvalue weighted by Gasteiger charge is -2.18. The summed E-state index contributed by atoms with van der Waals surface area (Å²) in [4.78, 5) is 75.6. The summed E-state index contributed by atoms with van der Waals surface area (Å²) in [6, 6.07) is 15.1. The van der Waals surface area contributed by atoms with E-state index in [1.54, 1.807) is 18.2 Å². The van der Waals surface area contributed by atoms with E-state index < -0.39 is 165 Å². The van der Waals surface area contributed by atoms with Gasteiger partial charge in [-0.15, -0.1) is 26.3 Å². The molecule has 12 atom stereocenters. The van der Waals surface area contributed by atoms with Crippen LogP contribution in [0.2, 0.25) is 0 Å². The van der Waals surface area contributed by atoms with E-state index in [0.29, 0.717) is 27.0 Å². The van der Waals surface area contributed by atoms with Gasteiger partial charge in [-0.05, 0) is 42.5 Å². The van der Waals surface area contributed by atoms with E-state index in [1.807, 2.05) is 0 Å². The van der Waals surface area contributed by atoms with Crippen LogP contribution in [0.3, 0.4) is 0 Å². The highest BCUT2D eigenvalue weighted by atomic mass is 19.4. The van der Waals surface area contributed by atoms with Crippen molar-refractivity contribution in [2.24, 2.45) is 0 Å². The molecule has 0 radical (unpaired) electrons. The molecule has 3 unspecified atom stereocenters. The highest BCUT2D eigenvalue weighted by Gasteiger charge is 2.46. The number of nitrogens with zero attached hydrogens (tertiary/aromatic N) is 9. The van der Waals surface area contributed by atoms with Crippen LogP contribution in [0.15, 0.2) is 134 Å². The number of rotatable bonds is 15. The van der Waals surface area contributed by atoms with Gasteiger partial charge in [0, 0.05) is 48.2 Å². The molecule has 498 valence electrons. The van der Waals surface area contributed by atoms with E-state index >= 15 is 0 Å². The predicted molar refractivity (Wildman–Crippen MR) is 293 cm³/mol.